The number of oxazole rings is 2. The lowest BCUT2D eigenvalue weighted by molar-refractivity contribution is -0.00110. The largest absolute Gasteiger partial charge is 0.490 e. The van der Waals surface area contributed by atoms with E-state index in [2.05, 4.69) is 19.9 Å². The number of piperidine rings is 1. The number of amides is 3. The van der Waals surface area contributed by atoms with Gasteiger partial charge >= 0.3 is 6.09 Å². The zero-order valence-corrected chi connectivity index (χ0v) is 37.5. The van der Waals surface area contributed by atoms with Crippen LogP contribution in [0.3, 0.4) is 0 Å². The normalized spacial score (nSPS) is 19.1. The van der Waals surface area contributed by atoms with Crippen LogP contribution in [0.1, 0.15) is 61.0 Å². The number of nitrogens with zero attached hydrogens (tertiary/aromatic N) is 9. The topological polar surface area (TPSA) is 191 Å². The van der Waals surface area contributed by atoms with Crippen molar-refractivity contribution in [3.05, 3.63) is 73.0 Å². The number of carbonyl (C=O) groups is 3. The van der Waals surface area contributed by atoms with Gasteiger partial charge in [-0.05, 0) is 64.3 Å². The second-order valence-electron chi connectivity index (χ2n) is 16.0. The quantitative estimate of drug-likeness (QED) is 0.209. The number of hydrogen-bond donors (Lipinski definition) is 0. The molecule has 4 aromatic rings. The van der Waals surface area contributed by atoms with E-state index < -0.39 is 17.7 Å². The number of aromatic nitrogens is 4. The van der Waals surface area contributed by atoms with Gasteiger partial charge in [0.05, 0.1) is 50.9 Å². The summed E-state index contributed by atoms with van der Waals surface area (Å²) in [4.78, 5) is 65.1. The Balaban J connectivity index is 0.000000236. The molecule has 4 aromatic heterocycles. The Bertz CT molecular complexity index is 2010. The zero-order valence-electron chi connectivity index (χ0n) is 35.9. The summed E-state index contributed by atoms with van der Waals surface area (Å²) in [7, 11) is 0. The molecule has 4 saturated heterocycles. The molecule has 4 aliphatic heterocycles. The van der Waals surface area contributed by atoms with E-state index in [-0.39, 0.29) is 61.5 Å². The van der Waals surface area contributed by atoms with Gasteiger partial charge in [0.1, 0.15) is 42.8 Å². The summed E-state index contributed by atoms with van der Waals surface area (Å²) in [5.41, 5.74) is -0.0362. The number of halogens is 2. The lowest BCUT2D eigenvalue weighted by Crippen LogP contribution is -2.59. The average Bonchev–Trinajstić information content (AvgIpc) is 4.00. The molecule has 4 fully saturated rings. The molecule has 0 N–H and O–H groups in total. The summed E-state index contributed by atoms with van der Waals surface area (Å²) >= 11 is 0. The van der Waals surface area contributed by atoms with Crippen LogP contribution in [0.25, 0.3) is 0 Å². The first-order valence-corrected chi connectivity index (χ1v) is 20.8. The Morgan fingerprint density at radius 2 is 1.19 bits per heavy atom. The molecule has 3 amide bonds. The van der Waals surface area contributed by atoms with Gasteiger partial charge in [-0.1, -0.05) is 0 Å². The molecule has 0 bridgehead atoms. The van der Waals surface area contributed by atoms with Gasteiger partial charge < -0.3 is 57.0 Å². The number of carbonyl (C=O) groups excluding carboxylic acids is 3. The van der Waals surface area contributed by atoms with E-state index in [4.69, 9.17) is 32.5 Å². The molecule has 0 saturated carbocycles. The van der Waals surface area contributed by atoms with Crippen molar-refractivity contribution in [3.63, 3.8) is 0 Å². The van der Waals surface area contributed by atoms with E-state index in [0.717, 1.165) is 32.4 Å². The van der Waals surface area contributed by atoms with Gasteiger partial charge in [-0.2, -0.15) is 9.97 Å². The number of hydrogen-bond acceptors (Lipinski definition) is 16. The number of pyridine rings is 2. The lowest BCUT2D eigenvalue weighted by atomic mass is 10.0. The van der Waals surface area contributed by atoms with Crippen LogP contribution in [-0.2, 0) is 14.2 Å². The van der Waals surface area contributed by atoms with Crippen molar-refractivity contribution in [1.82, 2.24) is 34.6 Å². The highest BCUT2D eigenvalue weighted by atomic mass is 35.5. The van der Waals surface area contributed by atoms with Crippen molar-refractivity contribution in [2.24, 2.45) is 0 Å². The van der Waals surface area contributed by atoms with Gasteiger partial charge in [0.2, 0.25) is 0 Å². The fourth-order valence-corrected chi connectivity index (χ4v) is 7.27. The summed E-state index contributed by atoms with van der Waals surface area (Å²) < 4.78 is 39.1. The van der Waals surface area contributed by atoms with Crippen molar-refractivity contribution in [1.29, 1.82) is 0 Å². The summed E-state index contributed by atoms with van der Waals surface area (Å²) in [5.74, 6) is 0.927. The average molecular weight is 919 g/mol. The van der Waals surface area contributed by atoms with E-state index >= 15 is 0 Å². The Morgan fingerprint density at radius 3 is 1.68 bits per heavy atom. The molecule has 0 aromatic carbocycles. The van der Waals surface area contributed by atoms with Gasteiger partial charge in [-0.25, -0.2) is 4.79 Å². The highest BCUT2D eigenvalue weighted by Gasteiger charge is 2.37. The van der Waals surface area contributed by atoms with Crippen molar-refractivity contribution in [3.8, 4) is 11.5 Å². The van der Waals surface area contributed by atoms with Crippen molar-refractivity contribution in [2.75, 3.05) is 102 Å². The third-order valence-electron chi connectivity index (χ3n) is 10.4. The highest BCUT2D eigenvalue weighted by molar-refractivity contribution is 5.93. The number of ether oxygens (including phenoxy) is 5. The summed E-state index contributed by atoms with van der Waals surface area (Å²) in [6.45, 7) is 13.0. The predicted octanol–water partition coefficient (Wildman–Crippen LogP) is 4.87. The molecule has 0 aliphatic carbocycles. The maximum atomic E-state index is 13.4. The molecule has 0 spiro atoms. The first kappa shape index (κ1) is 48.7. The summed E-state index contributed by atoms with van der Waals surface area (Å²) in [5, 5.41) is 0. The Labute approximate surface area is 379 Å². The second kappa shape index (κ2) is 23.4. The highest BCUT2D eigenvalue weighted by Crippen LogP contribution is 2.24. The molecule has 2 unspecified atom stereocenters. The van der Waals surface area contributed by atoms with E-state index in [9.17, 15) is 14.4 Å². The van der Waals surface area contributed by atoms with Crippen LogP contribution in [0.2, 0.25) is 0 Å². The molecular weight excluding hydrogens is 861 g/mol. The Morgan fingerprint density at radius 1 is 0.683 bits per heavy atom. The second-order valence-corrected chi connectivity index (χ2v) is 16.0. The molecule has 8 heterocycles. The fraction of sp³-hybridized carbons (Fsp3) is 0.548. The minimum Gasteiger partial charge on any atom is -0.490 e. The number of likely N-dealkylation sites (tertiary alicyclic amines) is 1. The van der Waals surface area contributed by atoms with Crippen molar-refractivity contribution < 1.29 is 46.9 Å². The summed E-state index contributed by atoms with van der Waals surface area (Å²) in [6, 6.07) is 7.78. The molecular formula is C42H57Cl2N9O10. The van der Waals surface area contributed by atoms with E-state index in [0.29, 0.717) is 95.0 Å². The fourth-order valence-electron chi connectivity index (χ4n) is 7.27. The molecule has 21 heteroatoms. The van der Waals surface area contributed by atoms with Gasteiger partial charge in [0.25, 0.3) is 23.8 Å². The predicted molar refractivity (Wildman–Crippen MR) is 234 cm³/mol. The van der Waals surface area contributed by atoms with E-state index in [1.165, 1.54) is 12.5 Å². The third-order valence-corrected chi connectivity index (χ3v) is 10.4. The molecule has 4 aliphatic rings. The number of morpholine rings is 2. The maximum absolute atomic E-state index is 13.4. The Hall–Kier alpha value is -5.37. The van der Waals surface area contributed by atoms with E-state index in [1.54, 1.807) is 46.7 Å². The van der Waals surface area contributed by atoms with Gasteiger partial charge in [-0.15, -0.1) is 24.8 Å². The third kappa shape index (κ3) is 13.6. The minimum absolute atomic E-state index is 0. The zero-order chi connectivity index (χ0) is 42.6. The smallest absolute Gasteiger partial charge is 0.410 e. The molecule has 8 rings (SSSR count). The monoisotopic (exact) mass is 917 g/mol. The SMILES string of the molecule is CC(C)(C)OC(=O)N1CCN(C(=O)c2coc(N3CCOCC3)n2)C(COc2cccnc2)C1.Cl.Cl.O=C(c1coc(N2CCOCC2)n1)N1CCCCC1COc1cccnc1. The molecule has 0 radical (unpaired) electrons. The number of piperazine rings is 1. The van der Waals surface area contributed by atoms with Crippen molar-refractivity contribution >= 4 is 54.8 Å². The van der Waals surface area contributed by atoms with E-state index in [1.807, 2.05) is 47.6 Å². The standard InChI is InChI=1S/C23H31N5O6.C19H24N4O4.2ClH/c1-23(2,3)34-22(30)27-7-8-28(17(14-27)15-32-18-5-4-6-24-13-18)20(29)19-16-33-21(25-19)26-9-11-31-12-10-26;24-18(17-14-27-19(21-17)22-8-10-25-11-9-22)23-7-2-1-4-15(23)13-26-16-5-3-6-20-12-16;;/h4-6,13,16-17H,7-12,14-15H2,1-3H3;3,5-6,12,14-15H,1-2,4,7-11,13H2;2*1H. The minimum atomic E-state index is -0.609. The van der Waals surface area contributed by atoms with Crippen LogP contribution < -0.4 is 19.3 Å². The number of rotatable bonds is 10. The lowest BCUT2D eigenvalue weighted by Gasteiger charge is -2.41. The van der Waals surface area contributed by atoms with Crippen LogP contribution in [-0.4, -0.2) is 162 Å². The van der Waals surface area contributed by atoms with Crippen LogP contribution in [0.5, 0.6) is 11.5 Å². The van der Waals surface area contributed by atoms with Crippen LogP contribution in [0.15, 0.2) is 70.4 Å². The molecule has 2 atom stereocenters. The molecule has 19 nitrogen and oxygen atoms in total. The van der Waals surface area contributed by atoms with Gasteiger partial charge in [0.15, 0.2) is 11.4 Å². The first-order valence-electron chi connectivity index (χ1n) is 20.8. The van der Waals surface area contributed by atoms with Crippen LogP contribution >= 0.6 is 24.8 Å². The van der Waals surface area contributed by atoms with Crippen LogP contribution in [0.4, 0.5) is 16.8 Å². The molecule has 344 valence electrons. The van der Waals surface area contributed by atoms with Crippen LogP contribution in [0, 0.1) is 0 Å². The molecule has 63 heavy (non-hydrogen) atoms. The summed E-state index contributed by atoms with van der Waals surface area (Å²) in [6.07, 6.45) is 12.1. The maximum Gasteiger partial charge on any atom is 0.410 e. The van der Waals surface area contributed by atoms with Gasteiger partial charge in [-0.3, -0.25) is 19.6 Å². The first-order chi connectivity index (χ1) is 29.6. The van der Waals surface area contributed by atoms with Crippen molar-refractivity contribution in [2.45, 2.75) is 57.7 Å². The number of anilines is 2. The van der Waals surface area contributed by atoms with Gasteiger partial charge in [0, 0.05) is 64.8 Å². The Kier molecular flexibility index (Phi) is 18.0.